The molecule has 0 spiro atoms. The van der Waals surface area contributed by atoms with Gasteiger partial charge in [-0.3, -0.25) is 9.80 Å². The summed E-state index contributed by atoms with van der Waals surface area (Å²) < 4.78 is 44.8. The van der Waals surface area contributed by atoms with Crippen molar-refractivity contribution in [3.05, 3.63) is 95.0 Å². The Morgan fingerprint density at radius 1 is 0.381 bits per heavy atom. The van der Waals surface area contributed by atoms with Gasteiger partial charge in [0.1, 0.15) is 6.73 Å². The third kappa shape index (κ3) is 30.9. The SMILES string of the molecule is NC(N)=Nc1nc(-c2cccc(N3CCN(CCOCCOCCNC(=O)NCCOCCOCCNC(=O)NCCCCNC(=O)NCOCCOCCNC(=O)NCCOCCOCCN4CCN(c5cccc(-c6nc(N=C(N)N)nc7ccc(Cl)cc67)c5)CC4)CC3)c2)c2cc(Cl)ccc2n1. The topological polar surface area (TPSA) is 432 Å². The summed E-state index contributed by atoms with van der Waals surface area (Å²) in [6.45, 7) is 16.8. The standard InChI is InChI=1S/C69H100Cl2N22O12/c70-52-9-11-58-56(47-52)60(86-64(84-58)88-62(72)73)50-5-3-7-54(45-50)92-24-20-90(21-25-92)28-35-103-41-39-100-32-17-80-67(95)79-16-31-99-38-37-98-30-15-78-66(94)76-13-1-2-14-77-69(97)83-49-105-44-43-102-34-19-82-68(96)81-18-33-101-40-42-104-36-29-91-22-26-93(27-23-91)55-8-4-6-51(46-55)61-57-48-53(71)10-12-59(57)85-65(87-61)89-63(74)75/h3-12,45-48H,1-2,13-44,49H2,(H2,76,78,94)(H2,77,83,97)(H2,79,80,95)(H2,81,82,96)(H4,72,73,84,86,88)(H4,74,75,85,87,89). The van der Waals surface area contributed by atoms with Gasteiger partial charge in [0.05, 0.1) is 122 Å². The number of aromatic nitrogens is 4. The number of amides is 8. The molecule has 4 aromatic carbocycles. The maximum Gasteiger partial charge on any atom is 0.316 e. The Bertz CT molecular complexity index is 3700. The van der Waals surface area contributed by atoms with E-state index in [2.05, 4.69) is 116 Å². The zero-order valence-corrected chi connectivity index (χ0v) is 60.8. The Hall–Kier alpha value is -9.04. The average molecular weight is 1500 g/mol. The molecule has 0 aliphatic carbocycles. The van der Waals surface area contributed by atoms with Crippen LogP contribution < -0.4 is 75.3 Å². The van der Waals surface area contributed by atoms with Crippen LogP contribution in [0.2, 0.25) is 10.0 Å². The van der Waals surface area contributed by atoms with Gasteiger partial charge in [0.15, 0.2) is 11.9 Å². The van der Waals surface area contributed by atoms with Gasteiger partial charge in [-0.15, -0.1) is 0 Å². The quantitative estimate of drug-likeness (QED) is 0.0113. The number of hydrogen-bond acceptors (Lipinski definition) is 22. The van der Waals surface area contributed by atoms with Gasteiger partial charge in [-0.2, -0.15) is 9.98 Å². The molecule has 34 nitrogen and oxygen atoms in total. The summed E-state index contributed by atoms with van der Waals surface area (Å²) in [6, 6.07) is 26.0. The van der Waals surface area contributed by atoms with Crippen molar-refractivity contribution in [3.63, 3.8) is 0 Å². The third-order valence-corrected chi connectivity index (χ3v) is 16.7. The molecule has 8 amide bonds. The molecule has 0 saturated carbocycles. The number of halogens is 2. The van der Waals surface area contributed by atoms with E-state index >= 15 is 0 Å². The number of rotatable bonds is 46. The molecule has 2 fully saturated rings. The summed E-state index contributed by atoms with van der Waals surface area (Å²) >= 11 is 12.7. The Morgan fingerprint density at radius 2 is 0.714 bits per heavy atom. The van der Waals surface area contributed by atoms with Gasteiger partial charge in [-0.25, -0.2) is 39.1 Å². The predicted molar refractivity (Wildman–Crippen MR) is 405 cm³/mol. The molecule has 0 bridgehead atoms. The van der Waals surface area contributed by atoms with Gasteiger partial charge >= 0.3 is 24.1 Å². The zero-order chi connectivity index (χ0) is 74.1. The van der Waals surface area contributed by atoms with Gasteiger partial charge in [0, 0.05) is 155 Å². The van der Waals surface area contributed by atoms with E-state index in [-0.39, 0.29) is 74.5 Å². The summed E-state index contributed by atoms with van der Waals surface area (Å²) in [5.41, 5.74) is 29.3. The molecule has 4 heterocycles. The number of carbonyl (C=O) groups is 4. The summed E-state index contributed by atoms with van der Waals surface area (Å²) in [7, 11) is 0. The van der Waals surface area contributed by atoms with Crippen molar-refractivity contribution >= 4 is 104 Å². The van der Waals surface area contributed by atoms with Crippen molar-refractivity contribution in [1.29, 1.82) is 0 Å². The first-order valence-corrected chi connectivity index (χ1v) is 36.0. The first-order chi connectivity index (χ1) is 51.2. The van der Waals surface area contributed by atoms with E-state index in [1.165, 1.54) is 0 Å². The van der Waals surface area contributed by atoms with Crippen LogP contribution in [0.1, 0.15) is 12.8 Å². The Labute approximate surface area is 621 Å². The first kappa shape index (κ1) is 81.6. The number of unbranched alkanes of at least 4 members (excludes halogenated alkanes) is 1. The lowest BCUT2D eigenvalue weighted by Crippen LogP contribution is -2.47. The number of guanidine groups is 2. The van der Waals surface area contributed by atoms with Crippen molar-refractivity contribution in [3.8, 4) is 22.5 Å². The summed E-state index contributed by atoms with van der Waals surface area (Å²) in [5.74, 6) is 0.120. The number of nitrogens with one attached hydrogen (secondary N) is 8. The molecule has 6 aromatic rings. The van der Waals surface area contributed by atoms with E-state index in [4.69, 9.17) is 84.0 Å². The van der Waals surface area contributed by atoms with Gasteiger partial charge in [0.25, 0.3) is 11.9 Å². The molecule has 2 saturated heterocycles. The maximum absolute atomic E-state index is 12.1. The second kappa shape index (κ2) is 46.7. The van der Waals surface area contributed by atoms with Gasteiger partial charge in [-0.05, 0) is 73.5 Å². The number of nitrogens with two attached hydrogens (primary N) is 4. The number of anilines is 2. The van der Waals surface area contributed by atoms with Crippen molar-refractivity contribution in [2.75, 3.05) is 227 Å². The minimum atomic E-state index is -0.375. The van der Waals surface area contributed by atoms with Crippen molar-refractivity contribution < 1.29 is 57.1 Å². The van der Waals surface area contributed by atoms with E-state index in [1.807, 2.05) is 48.5 Å². The van der Waals surface area contributed by atoms with Crippen LogP contribution in [0, 0.1) is 0 Å². The number of aliphatic imine (C=N–C) groups is 2. The Balaban J connectivity index is 0.500. The smallest absolute Gasteiger partial charge is 0.316 e. The van der Waals surface area contributed by atoms with E-state index in [0.717, 1.165) is 98.7 Å². The zero-order valence-electron chi connectivity index (χ0n) is 59.3. The number of piperazine rings is 2. The number of urea groups is 4. The van der Waals surface area contributed by atoms with Crippen molar-refractivity contribution in [1.82, 2.24) is 72.3 Å². The first-order valence-electron chi connectivity index (χ1n) is 35.2. The molecule has 0 atom stereocenters. The Kier molecular flexibility index (Phi) is 36.3. The molecule has 105 heavy (non-hydrogen) atoms. The van der Waals surface area contributed by atoms with Crippen LogP contribution >= 0.6 is 23.2 Å². The number of benzene rings is 4. The molecule has 8 rings (SSSR count). The van der Waals surface area contributed by atoms with Crippen LogP contribution in [0.4, 0.5) is 42.4 Å². The molecule has 2 aliphatic heterocycles. The number of hydrogen-bond donors (Lipinski definition) is 12. The second-order valence-electron chi connectivity index (χ2n) is 23.9. The largest absolute Gasteiger partial charge is 0.378 e. The lowest BCUT2D eigenvalue weighted by molar-refractivity contribution is 0.0392. The van der Waals surface area contributed by atoms with Crippen molar-refractivity contribution in [2.45, 2.75) is 12.8 Å². The minimum Gasteiger partial charge on any atom is -0.378 e. The highest BCUT2D eigenvalue weighted by molar-refractivity contribution is 6.32. The highest BCUT2D eigenvalue weighted by Gasteiger charge is 2.22. The number of ether oxygens (including phenoxy) is 8. The van der Waals surface area contributed by atoms with E-state index < -0.39 is 0 Å². The third-order valence-electron chi connectivity index (χ3n) is 16.2. The summed E-state index contributed by atoms with van der Waals surface area (Å²) in [4.78, 5) is 84.4. The molecule has 0 radical (unpaired) electrons. The lowest BCUT2D eigenvalue weighted by Gasteiger charge is -2.36. The van der Waals surface area contributed by atoms with E-state index in [9.17, 15) is 19.2 Å². The summed E-state index contributed by atoms with van der Waals surface area (Å²) in [5, 5.41) is 24.6. The van der Waals surface area contributed by atoms with Gasteiger partial charge in [-0.1, -0.05) is 47.5 Å². The fraction of sp³-hybridized carbons (Fsp3) is 0.507. The fourth-order valence-electron chi connectivity index (χ4n) is 11.0. The molecule has 572 valence electrons. The highest BCUT2D eigenvalue weighted by Crippen LogP contribution is 2.34. The van der Waals surface area contributed by atoms with Crippen LogP contribution in [-0.4, -0.2) is 283 Å². The highest BCUT2D eigenvalue weighted by atomic mass is 35.5. The van der Waals surface area contributed by atoms with Gasteiger partial charge < -0.3 is 113 Å². The lowest BCUT2D eigenvalue weighted by atomic mass is 10.1. The molecule has 2 aromatic heterocycles. The van der Waals surface area contributed by atoms with E-state index in [1.54, 1.807) is 12.1 Å². The second-order valence-corrected chi connectivity index (χ2v) is 24.8. The van der Waals surface area contributed by atoms with Crippen LogP contribution in [0.25, 0.3) is 44.3 Å². The fourth-order valence-corrected chi connectivity index (χ4v) is 11.3. The van der Waals surface area contributed by atoms with Crippen LogP contribution in [0.3, 0.4) is 0 Å². The Morgan fingerprint density at radius 3 is 1.08 bits per heavy atom. The van der Waals surface area contributed by atoms with Crippen LogP contribution in [0.15, 0.2) is 94.9 Å². The normalized spacial score (nSPS) is 13.3. The molecular weight excluding hydrogens is 1400 g/mol. The van der Waals surface area contributed by atoms with Crippen LogP contribution in [-0.2, 0) is 37.9 Å². The molecular formula is C69H100Cl2N22O12. The average Bonchev–Trinajstić information content (AvgIpc) is 0.788. The number of nitrogens with zero attached hydrogens (tertiary/aromatic N) is 10. The maximum atomic E-state index is 12.1. The minimum absolute atomic E-state index is 0.00174. The van der Waals surface area contributed by atoms with Crippen molar-refractivity contribution in [2.24, 2.45) is 32.9 Å². The van der Waals surface area contributed by atoms with Gasteiger partial charge in [0.2, 0.25) is 0 Å². The molecule has 36 heteroatoms. The number of carbonyl (C=O) groups excluding carboxylic acids is 4. The molecule has 2 aliphatic rings. The summed E-state index contributed by atoms with van der Waals surface area (Å²) in [6.07, 6.45) is 1.32. The molecule has 0 unspecified atom stereocenters. The monoisotopic (exact) mass is 1500 g/mol. The predicted octanol–water partition coefficient (Wildman–Crippen LogP) is 3.04. The van der Waals surface area contributed by atoms with Crippen LogP contribution in [0.5, 0.6) is 0 Å². The van der Waals surface area contributed by atoms with E-state index in [0.29, 0.717) is 170 Å². The number of fused-ring (bicyclic) bond motifs is 2. The molecule has 16 N–H and O–H groups in total.